The summed E-state index contributed by atoms with van der Waals surface area (Å²) in [6.45, 7) is 0. The molecule has 0 atom stereocenters. The third-order valence-corrected chi connectivity index (χ3v) is 4.86. The highest BCUT2D eigenvalue weighted by Gasteiger charge is 2.16. The van der Waals surface area contributed by atoms with Gasteiger partial charge in [0.15, 0.2) is 0 Å². The number of carbonyl (C=O) groups excluding carboxylic acids is 1. The number of amides is 1. The number of primary sulfonamides is 1. The van der Waals surface area contributed by atoms with E-state index < -0.39 is 10.0 Å². The van der Waals surface area contributed by atoms with Gasteiger partial charge in [0, 0.05) is 22.3 Å². The maximum atomic E-state index is 12.3. The Morgan fingerprint density at radius 1 is 1.16 bits per heavy atom. The Labute approximate surface area is 149 Å². The minimum Gasteiger partial charge on any atom is -0.326 e. The fraction of sp³-hybridized carbons (Fsp3) is 0.0588. The number of benzene rings is 2. The Hall–Kier alpha value is -2.48. The van der Waals surface area contributed by atoms with Gasteiger partial charge in [0.2, 0.25) is 15.9 Å². The van der Waals surface area contributed by atoms with Crippen molar-refractivity contribution in [1.29, 1.82) is 0 Å². The first-order valence-corrected chi connectivity index (χ1v) is 9.22. The molecule has 0 radical (unpaired) electrons. The van der Waals surface area contributed by atoms with E-state index in [1.54, 1.807) is 42.5 Å². The molecule has 0 unspecified atom stereocenters. The van der Waals surface area contributed by atoms with Crippen LogP contribution in [-0.2, 0) is 21.2 Å². The quantitative estimate of drug-likeness (QED) is 0.731. The molecule has 0 bridgehead atoms. The van der Waals surface area contributed by atoms with E-state index in [0.717, 1.165) is 0 Å². The summed E-state index contributed by atoms with van der Waals surface area (Å²) in [5.41, 5.74) is 1.26. The summed E-state index contributed by atoms with van der Waals surface area (Å²) >= 11 is 6.05. The molecule has 1 heterocycles. The molecular formula is C17H14ClN3O3S. The average molecular weight is 376 g/mol. The molecule has 0 aliphatic carbocycles. The van der Waals surface area contributed by atoms with Gasteiger partial charge < -0.3 is 5.32 Å². The number of aromatic nitrogens is 1. The summed E-state index contributed by atoms with van der Waals surface area (Å²) in [5, 5.41) is 8.99. The maximum absolute atomic E-state index is 12.3. The SMILES string of the molecule is NS(=O)(=O)c1cc(NC(=O)Cc2ccccc2Cl)cc2cccnc12. The molecule has 128 valence electrons. The van der Waals surface area contributed by atoms with Crippen molar-refractivity contribution in [2.45, 2.75) is 11.3 Å². The Morgan fingerprint density at radius 2 is 1.92 bits per heavy atom. The third-order valence-electron chi connectivity index (χ3n) is 3.57. The van der Waals surface area contributed by atoms with Crippen LogP contribution in [0.3, 0.4) is 0 Å². The molecule has 0 aliphatic heterocycles. The first kappa shape index (κ1) is 17.3. The molecule has 8 heteroatoms. The van der Waals surface area contributed by atoms with Crippen LogP contribution in [0.25, 0.3) is 10.9 Å². The van der Waals surface area contributed by atoms with Crippen molar-refractivity contribution >= 4 is 44.1 Å². The van der Waals surface area contributed by atoms with Crippen molar-refractivity contribution < 1.29 is 13.2 Å². The summed E-state index contributed by atoms with van der Waals surface area (Å²) in [6, 6.07) is 13.3. The fourth-order valence-corrected chi connectivity index (χ4v) is 3.40. The van der Waals surface area contributed by atoms with Crippen molar-refractivity contribution in [1.82, 2.24) is 4.98 Å². The lowest BCUT2D eigenvalue weighted by atomic mass is 10.1. The highest BCUT2D eigenvalue weighted by atomic mass is 35.5. The number of hydrogen-bond acceptors (Lipinski definition) is 4. The Bertz CT molecular complexity index is 1070. The van der Waals surface area contributed by atoms with Crippen LogP contribution in [0, 0.1) is 0 Å². The summed E-state index contributed by atoms with van der Waals surface area (Å²) in [6.07, 6.45) is 1.54. The number of nitrogens with zero attached hydrogens (tertiary/aromatic N) is 1. The average Bonchev–Trinajstić information content (AvgIpc) is 2.55. The molecule has 1 aromatic heterocycles. The van der Waals surface area contributed by atoms with E-state index in [9.17, 15) is 13.2 Å². The van der Waals surface area contributed by atoms with E-state index in [1.807, 2.05) is 0 Å². The number of hydrogen-bond donors (Lipinski definition) is 2. The second-order valence-electron chi connectivity index (χ2n) is 5.41. The predicted molar refractivity (Wildman–Crippen MR) is 96.9 cm³/mol. The van der Waals surface area contributed by atoms with E-state index in [0.29, 0.717) is 21.7 Å². The zero-order chi connectivity index (χ0) is 18.0. The van der Waals surface area contributed by atoms with Gasteiger partial charge in [-0.25, -0.2) is 13.6 Å². The molecule has 3 aromatic rings. The van der Waals surface area contributed by atoms with E-state index in [4.69, 9.17) is 16.7 Å². The lowest BCUT2D eigenvalue weighted by Crippen LogP contribution is -2.17. The number of fused-ring (bicyclic) bond motifs is 1. The van der Waals surface area contributed by atoms with Gasteiger partial charge in [0.25, 0.3) is 0 Å². The number of sulfonamides is 1. The Kier molecular flexibility index (Phi) is 4.71. The number of rotatable bonds is 4. The Morgan fingerprint density at radius 3 is 2.64 bits per heavy atom. The largest absolute Gasteiger partial charge is 0.326 e. The van der Waals surface area contributed by atoms with E-state index in [-0.39, 0.29) is 22.7 Å². The van der Waals surface area contributed by atoms with Gasteiger partial charge in [-0.1, -0.05) is 35.9 Å². The lowest BCUT2D eigenvalue weighted by Gasteiger charge is -2.10. The Balaban J connectivity index is 1.94. The van der Waals surface area contributed by atoms with Crippen LogP contribution >= 0.6 is 11.6 Å². The molecule has 3 N–H and O–H groups in total. The van der Waals surface area contributed by atoms with Crippen molar-refractivity contribution in [3.05, 3.63) is 65.3 Å². The van der Waals surface area contributed by atoms with Crippen LogP contribution in [0.1, 0.15) is 5.56 Å². The molecule has 3 rings (SSSR count). The number of nitrogens with two attached hydrogens (primary N) is 1. The zero-order valence-corrected chi connectivity index (χ0v) is 14.5. The highest BCUT2D eigenvalue weighted by molar-refractivity contribution is 7.89. The number of anilines is 1. The highest BCUT2D eigenvalue weighted by Crippen LogP contribution is 2.25. The summed E-state index contributed by atoms with van der Waals surface area (Å²) < 4.78 is 23.7. The van der Waals surface area contributed by atoms with Crippen LogP contribution in [0.15, 0.2) is 59.6 Å². The molecule has 2 aromatic carbocycles. The molecular weight excluding hydrogens is 362 g/mol. The standard InChI is InChI=1S/C17H14ClN3O3S/c18-14-6-2-1-4-11(14)9-16(22)21-13-8-12-5-3-7-20-17(12)15(10-13)25(19,23)24/h1-8,10H,9H2,(H,21,22)(H2,19,23,24). The summed E-state index contributed by atoms with van der Waals surface area (Å²) in [7, 11) is -3.99. The molecule has 0 spiro atoms. The maximum Gasteiger partial charge on any atom is 0.240 e. The van der Waals surface area contributed by atoms with E-state index in [1.165, 1.54) is 12.3 Å². The van der Waals surface area contributed by atoms with Gasteiger partial charge in [-0.2, -0.15) is 0 Å². The number of halogens is 1. The summed E-state index contributed by atoms with van der Waals surface area (Å²) in [4.78, 5) is 16.2. The van der Waals surface area contributed by atoms with Gasteiger partial charge in [-0.05, 0) is 29.8 Å². The van der Waals surface area contributed by atoms with Crippen LogP contribution in [0.5, 0.6) is 0 Å². The van der Waals surface area contributed by atoms with E-state index in [2.05, 4.69) is 10.3 Å². The lowest BCUT2D eigenvalue weighted by molar-refractivity contribution is -0.115. The molecule has 25 heavy (non-hydrogen) atoms. The predicted octanol–water partition coefficient (Wildman–Crippen LogP) is 2.72. The van der Waals surface area contributed by atoms with Crippen molar-refractivity contribution in [2.24, 2.45) is 5.14 Å². The molecule has 6 nitrogen and oxygen atoms in total. The molecule has 0 fully saturated rings. The smallest absolute Gasteiger partial charge is 0.240 e. The topological polar surface area (TPSA) is 102 Å². The fourth-order valence-electron chi connectivity index (χ4n) is 2.47. The minimum atomic E-state index is -3.99. The van der Waals surface area contributed by atoms with Gasteiger partial charge in [-0.15, -0.1) is 0 Å². The zero-order valence-electron chi connectivity index (χ0n) is 12.9. The first-order valence-electron chi connectivity index (χ1n) is 7.29. The molecule has 0 aliphatic rings. The monoisotopic (exact) mass is 375 g/mol. The minimum absolute atomic E-state index is 0.0649. The van der Waals surface area contributed by atoms with Gasteiger partial charge >= 0.3 is 0 Å². The van der Waals surface area contributed by atoms with Crippen molar-refractivity contribution in [3.8, 4) is 0 Å². The third kappa shape index (κ3) is 3.96. The number of pyridine rings is 1. The van der Waals surface area contributed by atoms with Crippen molar-refractivity contribution in [2.75, 3.05) is 5.32 Å². The summed E-state index contributed by atoms with van der Waals surface area (Å²) in [5.74, 6) is -0.322. The number of nitrogens with one attached hydrogen (secondary N) is 1. The van der Waals surface area contributed by atoms with Gasteiger partial charge in [-0.3, -0.25) is 9.78 Å². The van der Waals surface area contributed by atoms with Crippen LogP contribution in [0.4, 0.5) is 5.69 Å². The van der Waals surface area contributed by atoms with Crippen LogP contribution in [-0.4, -0.2) is 19.3 Å². The first-order chi connectivity index (χ1) is 11.8. The molecule has 1 amide bonds. The van der Waals surface area contributed by atoms with Gasteiger partial charge in [0.05, 0.1) is 11.9 Å². The van der Waals surface area contributed by atoms with Crippen LogP contribution < -0.4 is 10.5 Å². The normalized spacial score (nSPS) is 11.4. The molecule has 0 saturated carbocycles. The second-order valence-corrected chi connectivity index (χ2v) is 7.35. The molecule has 0 saturated heterocycles. The van der Waals surface area contributed by atoms with Crippen LogP contribution in [0.2, 0.25) is 5.02 Å². The van der Waals surface area contributed by atoms with Gasteiger partial charge in [0.1, 0.15) is 4.90 Å². The van der Waals surface area contributed by atoms with Crippen molar-refractivity contribution in [3.63, 3.8) is 0 Å². The second kappa shape index (κ2) is 6.79. The number of carbonyl (C=O) groups is 1. The van der Waals surface area contributed by atoms with E-state index >= 15 is 0 Å².